The number of aryl methyl sites for hydroxylation is 1. The summed E-state index contributed by atoms with van der Waals surface area (Å²) in [6.45, 7) is 2.87. The Bertz CT molecular complexity index is 1430. The minimum Gasteiger partial charge on any atom is -0.493 e. The second kappa shape index (κ2) is 13.3. The molecule has 0 aliphatic carbocycles. The van der Waals surface area contributed by atoms with E-state index in [0.717, 1.165) is 28.3 Å². The van der Waals surface area contributed by atoms with Gasteiger partial charge in [-0.1, -0.05) is 82.9 Å². The highest BCUT2D eigenvalue weighted by atomic mass is 16.5. The zero-order chi connectivity index (χ0) is 26.9. The molecular formula is C31H39N3O4. The SMILES string of the molecule is CCCCCCCCCCCCn1c2nc(=O)n(-c3ccccc3)c(=O)c-2cc2ccc(OC)c(OC)c21. The van der Waals surface area contributed by atoms with Gasteiger partial charge in [-0.05, 0) is 36.8 Å². The molecule has 0 unspecified atom stereocenters. The fourth-order valence-corrected chi connectivity index (χ4v) is 5.20. The van der Waals surface area contributed by atoms with E-state index in [4.69, 9.17) is 9.47 Å². The fraction of sp³-hybridized carbons (Fsp3) is 0.452. The second-order valence-electron chi connectivity index (χ2n) is 9.82. The van der Waals surface area contributed by atoms with Gasteiger partial charge in [0.25, 0.3) is 5.56 Å². The molecule has 0 amide bonds. The molecule has 2 aliphatic rings. The number of rotatable bonds is 14. The number of fused-ring (bicyclic) bond motifs is 2. The van der Waals surface area contributed by atoms with Crippen LogP contribution in [-0.4, -0.2) is 28.3 Å². The number of aromatic nitrogens is 3. The van der Waals surface area contributed by atoms with Gasteiger partial charge >= 0.3 is 5.69 Å². The molecule has 0 atom stereocenters. The first kappa shape index (κ1) is 27.4. The Morgan fingerprint density at radius 1 is 0.789 bits per heavy atom. The molecule has 2 heterocycles. The van der Waals surface area contributed by atoms with Crippen LogP contribution in [-0.2, 0) is 6.54 Å². The van der Waals surface area contributed by atoms with E-state index in [1.165, 1.54) is 51.4 Å². The number of hydrogen-bond acceptors (Lipinski definition) is 5. The van der Waals surface area contributed by atoms with Gasteiger partial charge in [-0.15, -0.1) is 0 Å². The van der Waals surface area contributed by atoms with Crippen molar-refractivity contribution in [1.82, 2.24) is 14.1 Å². The van der Waals surface area contributed by atoms with Crippen LogP contribution in [0.3, 0.4) is 0 Å². The predicted octanol–water partition coefficient (Wildman–Crippen LogP) is 6.59. The zero-order valence-electron chi connectivity index (χ0n) is 22.9. The van der Waals surface area contributed by atoms with Crippen LogP contribution in [0.15, 0.2) is 58.1 Å². The number of hydrogen-bond donors (Lipinski definition) is 0. The smallest absolute Gasteiger partial charge is 0.357 e. The van der Waals surface area contributed by atoms with Gasteiger partial charge in [0.05, 0.1) is 31.0 Å². The van der Waals surface area contributed by atoms with Crippen LogP contribution in [0, 0.1) is 0 Å². The number of ether oxygens (including phenoxy) is 2. The molecule has 0 radical (unpaired) electrons. The van der Waals surface area contributed by atoms with Gasteiger partial charge in [-0.2, -0.15) is 4.98 Å². The van der Waals surface area contributed by atoms with Crippen LogP contribution >= 0.6 is 0 Å². The van der Waals surface area contributed by atoms with Crippen molar-refractivity contribution in [3.05, 3.63) is 69.4 Å². The van der Waals surface area contributed by atoms with Crippen molar-refractivity contribution in [3.8, 4) is 28.6 Å². The van der Waals surface area contributed by atoms with Crippen molar-refractivity contribution < 1.29 is 9.47 Å². The van der Waals surface area contributed by atoms with Gasteiger partial charge in [-0.25, -0.2) is 9.36 Å². The molecule has 0 aromatic heterocycles. The molecule has 4 rings (SSSR count). The first-order chi connectivity index (χ1) is 18.6. The maximum absolute atomic E-state index is 13.6. The number of unbranched alkanes of at least 4 members (excludes halogenated alkanes) is 9. The molecule has 0 fully saturated rings. The van der Waals surface area contributed by atoms with Crippen molar-refractivity contribution in [2.45, 2.75) is 77.7 Å². The first-order valence-corrected chi connectivity index (χ1v) is 13.9. The summed E-state index contributed by atoms with van der Waals surface area (Å²) >= 11 is 0. The normalized spacial score (nSPS) is 11.3. The molecular weight excluding hydrogens is 478 g/mol. The third kappa shape index (κ3) is 5.93. The van der Waals surface area contributed by atoms with E-state index in [1.54, 1.807) is 44.6 Å². The number of benzene rings is 2. The van der Waals surface area contributed by atoms with Gasteiger partial charge in [0.15, 0.2) is 17.3 Å². The van der Waals surface area contributed by atoms with E-state index < -0.39 is 5.69 Å². The molecule has 7 nitrogen and oxygen atoms in total. The third-order valence-corrected chi connectivity index (χ3v) is 7.19. The number of pyridine rings is 1. The molecule has 7 heteroatoms. The molecule has 0 spiro atoms. The van der Waals surface area contributed by atoms with Crippen molar-refractivity contribution in [2.75, 3.05) is 14.2 Å². The van der Waals surface area contributed by atoms with Crippen molar-refractivity contribution in [1.29, 1.82) is 0 Å². The van der Waals surface area contributed by atoms with Crippen molar-refractivity contribution >= 4 is 10.9 Å². The summed E-state index contributed by atoms with van der Waals surface area (Å²) < 4.78 is 14.4. The fourth-order valence-electron chi connectivity index (χ4n) is 5.20. The van der Waals surface area contributed by atoms with E-state index in [1.807, 2.05) is 22.8 Å². The summed E-state index contributed by atoms with van der Waals surface area (Å²) in [5, 5.41) is 0.833. The Morgan fingerprint density at radius 3 is 2.08 bits per heavy atom. The highest BCUT2D eigenvalue weighted by molar-refractivity contribution is 5.92. The number of para-hydroxylation sites is 1. The lowest BCUT2D eigenvalue weighted by Crippen LogP contribution is -2.36. The van der Waals surface area contributed by atoms with Crippen LogP contribution in [0.5, 0.6) is 11.5 Å². The average molecular weight is 518 g/mol. The Hall–Kier alpha value is -3.61. The minimum absolute atomic E-state index is 0.375. The van der Waals surface area contributed by atoms with Crippen LogP contribution in [0.4, 0.5) is 0 Å². The van der Waals surface area contributed by atoms with Gasteiger partial charge in [-0.3, -0.25) is 4.79 Å². The Balaban J connectivity index is 1.68. The lowest BCUT2D eigenvalue weighted by atomic mass is 10.1. The van der Waals surface area contributed by atoms with Gasteiger partial charge in [0.2, 0.25) is 0 Å². The van der Waals surface area contributed by atoms with Crippen molar-refractivity contribution in [2.24, 2.45) is 0 Å². The molecule has 0 saturated heterocycles. The summed E-state index contributed by atoms with van der Waals surface area (Å²) in [4.78, 5) is 31.2. The molecule has 0 bridgehead atoms. The Kier molecular flexibility index (Phi) is 9.57. The quantitative estimate of drug-likeness (QED) is 0.139. The van der Waals surface area contributed by atoms with Gasteiger partial charge in [0, 0.05) is 11.9 Å². The highest BCUT2D eigenvalue weighted by Crippen LogP contribution is 2.38. The highest BCUT2D eigenvalue weighted by Gasteiger charge is 2.23. The van der Waals surface area contributed by atoms with E-state index in [9.17, 15) is 9.59 Å². The predicted molar refractivity (Wildman–Crippen MR) is 153 cm³/mol. The van der Waals surface area contributed by atoms with Crippen LogP contribution < -0.4 is 20.7 Å². The van der Waals surface area contributed by atoms with E-state index in [0.29, 0.717) is 35.1 Å². The molecule has 2 aliphatic heterocycles. The maximum atomic E-state index is 13.6. The Labute approximate surface area is 224 Å². The largest absolute Gasteiger partial charge is 0.493 e. The molecule has 0 saturated carbocycles. The van der Waals surface area contributed by atoms with Crippen LogP contribution in [0.2, 0.25) is 0 Å². The summed E-state index contributed by atoms with van der Waals surface area (Å²) in [6.07, 6.45) is 12.2. The lowest BCUT2D eigenvalue weighted by molar-refractivity contribution is 0.356. The third-order valence-electron chi connectivity index (χ3n) is 7.19. The van der Waals surface area contributed by atoms with Crippen LogP contribution in [0.25, 0.3) is 28.0 Å². The second-order valence-corrected chi connectivity index (χ2v) is 9.82. The minimum atomic E-state index is -0.591. The summed E-state index contributed by atoms with van der Waals surface area (Å²) in [5.41, 5.74) is 0.719. The van der Waals surface area contributed by atoms with E-state index >= 15 is 0 Å². The lowest BCUT2D eigenvalue weighted by Gasteiger charge is -2.21. The number of nitrogens with zero attached hydrogens (tertiary/aromatic N) is 3. The molecule has 2 aromatic carbocycles. The first-order valence-electron chi connectivity index (χ1n) is 13.9. The monoisotopic (exact) mass is 517 g/mol. The molecule has 2 aromatic rings. The van der Waals surface area contributed by atoms with Crippen molar-refractivity contribution in [3.63, 3.8) is 0 Å². The van der Waals surface area contributed by atoms with Gasteiger partial charge in [0.1, 0.15) is 0 Å². The summed E-state index contributed by atoms with van der Waals surface area (Å²) in [7, 11) is 3.20. The maximum Gasteiger partial charge on any atom is 0.357 e. The molecule has 202 valence electrons. The van der Waals surface area contributed by atoms with E-state index in [2.05, 4.69) is 11.9 Å². The number of methoxy groups -OCH3 is 2. The zero-order valence-corrected chi connectivity index (χ0v) is 22.9. The average Bonchev–Trinajstić information content (AvgIpc) is 2.94. The Morgan fingerprint density at radius 2 is 1.45 bits per heavy atom. The topological polar surface area (TPSA) is 75.4 Å². The summed E-state index contributed by atoms with van der Waals surface area (Å²) in [5.74, 6) is 1.54. The molecule has 0 N–H and O–H groups in total. The summed E-state index contributed by atoms with van der Waals surface area (Å²) in [6, 6.07) is 14.5. The standard InChI is InChI=1S/C31H39N3O4/c1-4-5-6-7-8-9-10-11-12-16-21-33-27-23(19-20-26(37-2)28(27)38-3)22-25-29(33)32-31(36)34(30(25)35)24-17-14-13-15-18-24/h13-15,17-20,22H,4-12,16,21H2,1-3H3. The van der Waals surface area contributed by atoms with Gasteiger partial charge < -0.3 is 14.0 Å². The van der Waals surface area contributed by atoms with Crippen LogP contribution in [0.1, 0.15) is 71.1 Å². The molecule has 38 heavy (non-hydrogen) atoms. The van der Waals surface area contributed by atoms with E-state index in [-0.39, 0.29) is 5.56 Å².